The molecule has 0 unspecified atom stereocenters. The summed E-state index contributed by atoms with van der Waals surface area (Å²) in [5.41, 5.74) is 8.76. The summed E-state index contributed by atoms with van der Waals surface area (Å²) in [6, 6.07) is 6.20. The molecule has 0 aliphatic carbocycles. The number of benzene rings is 1. The topological polar surface area (TPSA) is 51.8 Å². The van der Waals surface area contributed by atoms with Gasteiger partial charge in [-0.15, -0.1) is 11.3 Å². The van der Waals surface area contributed by atoms with Crippen molar-refractivity contribution in [2.45, 2.75) is 0 Å². The molecule has 2 aromatic heterocycles. The molecule has 5 heteroatoms. The second-order valence-corrected chi connectivity index (χ2v) is 4.84. The molecule has 74 valence electrons. The van der Waals surface area contributed by atoms with E-state index in [0.29, 0.717) is 5.82 Å². The van der Waals surface area contributed by atoms with Crippen LogP contribution in [0.25, 0.3) is 20.5 Å². The second kappa shape index (κ2) is 3.29. The Morgan fingerprint density at radius 2 is 2.20 bits per heavy atom. The number of fused-ring (bicyclic) bond motifs is 1. The van der Waals surface area contributed by atoms with Gasteiger partial charge in [0, 0.05) is 11.6 Å². The third-order valence-corrected chi connectivity index (χ3v) is 3.88. The van der Waals surface area contributed by atoms with Crippen LogP contribution in [0.4, 0.5) is 5.82 Å². The van der Waals surface area contributed by atoms with Crippen molar-refractivity contribution in [2.75, 3.05) is 5.73 Å². The third kappa shape index (κ3) is 1.40. The number of hydrogen-bond acceptors (Lipinski definition) is 5. The van der Waals surface area contributed by atoms with Gasteiger partial charge in [0.25, 0.3) is 0 Å². The van der Waals surface area contributed by atoms with Crippen molar-refractivity contribution in [3.63, 3.8) is 0 Å². The molecule has 0 saturated heterocycles. The van der Waals surface area contributed by atoms with E-state index in [1.165, 1.54) is 11.5 Å². The van der Waals surface area contributed by atoms with Gasteiger partial charge in [-0.05, 0) is 29.2 Å². The molecule has 0 saturated carbocycles. The molecule has 0 spiro atoms. The lowest BCUT2D eigenvalue weighted by atomic mass is 10.1. The molecule has 0 bridgehead atoms. The number of nitrogen functional groups attached to an aromatic ring is 1. The molecular formula is C10H7N3S2. The van der Waals surface area contributed by atoms with Gasteiger partial charge in [-0.3, -0.25) is 4.98 Å². The number of nitrogens with zero attached hydrogens (tertiary/aromatic N) is 2. The summed E-state index contributed by atoms with van der Waals surface area (Å²) >= 11 is 3.06. The standard InChI is InChI=1S/C10H7N3S2/c11-10-7-3-6(9-4-12-5-14-9)1-2-8(7)15-13-10/h1-5H,(H2,11,13). The van der Waals surface area contributed by atoms with Gasteiger partial charge in [0.05, 0.1) is 15.1 Å². The average Bonchev–Trinajstić information content (AvgIpc) is 2.88. The van der Waals surface area contributed by atoms with Crippen molar-refractivity contribution in [2.24, 2.45) is 0 Å². The van der Waals surface area contributed by atoms with E-state index in [0.717, 1.165) is 20.5 Å². The second-order valence-electron chi connectivity index (χ2n) is 3.14. The highest BCUT2D eigenvalue weighted by Crippen LogP contribution is 2.31. The van der Waals surface area contributed by atoms with Crippen LogP contribution in [0.3, 0.4) is 0 Å². The number of anilines is 1. The largest absolute Gasteiger partial charge is 0.382 e. The fourth-order valence-electron chi connectivity index (χ4n) is 1.47. The van der Waals surface area contributed by atoms with Crippen molar-refractivity contribution >= 4 is 38.8 Å². The quantitative estimate of drug-likeness (QED) is 0.703. The molecule has 0 radical (unpaired) electrons. The van der Waals surface area contributed by atoms with Gasteiger partial charge in [0.2, 0.25) is 0 Å². The molecule has 0 fully saturated rings. The van der Waals surface area contributed by atoms with Crippen LogP contribution in [0.1, 0.15) is 0 Å². The van der Waals surface area contributed by atoms with Crippen LogP contribution >= 0.6 is 22.9 Å². The number of nitrogens with two attached hydrogens (primary N) is 1. The summed E-state index contributed by atoms with van der Waals surface area (Å²) in [4.78, 5) is 5.22. The first-order valence-corrected chi connectivity index (χ1v) is 6.03. The summed E-state index contributed by atoms with van der Waals surface area (Å²) in [5, 5.41) is 1.03. The molecular weight excluding hydrogens is 226 g/mol. The zero-order valence-electron chi connectivity index (χ0n) is 7.68. The normalized spacial score (nSPS) is 10.9. The van der Waals surface area contributed by atoms with E-state index in [1.807, 2.05) is 11.7 Å². The fraction of sp³-hybridized carbons (Fsp3) is 0. The van der Waals surface area contributed by atoms with Crippen molar-refractivity contribution in [1.29, 1.82) is 0 Å². The SMILES string of the molecule is Nc1nsc2ccc(-c3cncs3)cc12. The van der Waals surface area contributed by atoms with Crippen LogP contribution in [-0.2, 0) is 0 Å². The lowest BCUT2D eigenvalue weighted by molar-refractivity contribution is 1.42. The molecule has 3 rings (SSSR count). The Kier molecular flexibility index (Phi) is 1.93. The third-order valence-electron chi connectivity index (χ3n) is 2.21. The highest BCUT2D eigenvalue weighted by Gasteiger charge is 2.05. The maximum atomic E-state index is 5.79. The molecule has 2 N–H and O–H groups in total. The van der Waals surface area contributed by atoms with Crippen molar-refractivity contribution in [3.05, 3.63) is 29.9 Å². The minimum absolute atomic E-state index is 0.612. The minimum Gasteiger partial charge on any atom is -0.382 e. The number of rotatable bonds is 1. The Bertz CT molecular complexity index is 598. The Labute approximate surface area is 94.4 Å². The first kappa shape index (κ1) is 8.82. The van der Waals surface area contributed by atoms with Gasteiger partial charge in [-0.25, -0.2) is 0 Å². The fourth-order valence-corrected chi connectivity index (χ4v) is 2.77. The maximum absolute atomic E-state index is 5.79. The first-order chi connectivity index (χ1) is 7.34. The summed E-state index contributed by atoms with van der Waals surface area (Å²) in [6.45, 7) is 0. The van der Waals surface area contributed by atoms with Crippen molar-refractivity contribution in [3.8, 4) is 10.4 Å². The lowest BCUT2D eigenvalue weighted by Gasteiger charge is -1.96. The van der Waals surface area contributed by atoms with Crippen LogP contribution in [0.5, 0.6) is 0 Å². The molecule has 0 amide bonds. The Morgan fingerprint density at radius 3 is 3.00 bits per heavy atom. The highest BCUT2D eigenvalue weighted by molar-refractivity contribution is 7.14. The van der Waals surface area contributed by atoms with Gasteiger partial charge in [0.15, 0.2) is 0 Å². The van der Waals surface area contributed by atoms with Crippen LogP contribution in [0, 0.1) is 0 Å². The predicted octanol–water partition coefficient (Wildman–Crippen LogP) is 3.00. The van der Waals surface area contributed by atoms with Crippen LogP contribution in [0.15, 0.2) is 29.9 Å². The molecule has 3 nitrogen and oxygen atoms in total. The zero-order valence-corrected chi connectivity index (χ0v) is 9.31. The number of thiazole rings is 1. The molecule has 3 aromatic rings. The van der Waals surface area contributed by atoms with Gasteiger partial charge >= 0.3 is 0 Å². The van der Waals surface area contributed by atoms with Gasteiger partial charge < -0.3 is 5.73 Å². The number of hydrogen-bond donors (Lipinski definition) is 1. The minimum atomic E-state index is 0.612. The van der Waals surface area contributed by atoms with Crippen molar-refractivity contribution < 1.29 is 0 Å². The van der Waals surface area contributed by atoms with E-state index in [4.69, 9.17) is 5.73 Å². The first-order valence-electron chi connectivity index (χ1n) is 4.38. The van der Waals surface area contributed by atoms with Gasteiger partial charge in [-0.2, -0.15) is 4.37 Å². The van der Waals surface area contributed by atoms with Crippen LogP contribution < -0.4 is 5.73 Å². The summed E-state index contributed by atoms with van der Waals surface area (Å²) in [7, 11) is 0. The van der Waals surface area contributed by atoms with Gasteiger partial charge in [0.1, 0.15) is 5.82 Å². The highest BCUT2D eigenvalue weighted by atomic mass is 32.1. The summed E-state index contributed by atoms with van der Waals surface area (Å²) < 4.78 is 5.25. The van der Waals surface area contributed by atoms with Crippen molar-refractivity contribution in [1.82, 2.24) is 9.36 Å². The Morgan fingerprint density at radius 1 is 1.27 bits per heavy atom. The summed E-state index contributed by atoms with van der Waals surface area (Å²) in [6.07, 6.45) is 1.86. The summed E-state index contributed by atoms with van der Waals surface area (Å²) in [5.74, 6) is 0.612. The van der Waals surface area contributed by atoms with Crippen LogP contribution in [0.2, 0.25) is 0 Å². The Hall–Kier alpha value is -1.46. The number of aromatic nitrogens is 2. The van der Waals surface area contributed by atoms with E-state index in [9.17, 15) is 0 Å². The predicted molar refractivity (Wildman–Crippen MR) is 65.1 cm³/mol. The molecule has 2 heterocycles. The maximum Gasteiger partial charge on any atom is 0.145 e. The van der Waals surface area contributed by atoms with E-state index in [1.54, 1.807) is 11.3 Å². The van der Waals surface area contributed by atoms with Crippen LogP contribution in [-0.4, -0.2) is 9.36 Å². The molecule has 0 aliphatic rings. The average molecular weight is 233 g/mol. The molecule has 1 aromatic carbocycles. The smallest absolute Gasteiger partial charge is 0.145 e. The zero-order chi connectivity index (χ0) is 10.3. The molecule has 0 atom stereocenters. The van der Waals surface area contributed by atoms with E-state index in [2.05, 4.69) is 27.6 Å². The monoisotopic (exact) mass is 233 g/mol. The van der Waals surface area contributed by atoms with E-state index in [-0.39, 0.29) is 0 Å². The van der Waals surface area contributed by atoms with Gasteiger partial charge in [-0.1, -0.05) is 6.07 Å². The molecule has 15 heavy (non-hydrogen) atoms. The molecule has 0 aliphatic heterocycles. The lowest BCUT2D eigenvalue weighted by Crippen LogP contribution is -1.83. The van der Waals surface area contributed by atoms with E-state index >= 15 is 0 Å². The van der Waals surface area contributed by atoms with E-state index < -0.39 is 0 Å². The Balaban J connectivity index is 2.25.